The van der Waals surface area contributed by atoms with Gasteiger partial charge in [0.05, 0.1) is 5.70 Å². The van der Waals surface area contributed by atoms with Gasteiger partial charge in [-0.15, -0.1) is 0 Å². The normalized spacial score (nSPS) is 12.1. The minimum Gasteiger partial charge on any atom is -0.216 e. The average molecular weight is 153 g/mol. The van der Waals surface area contributed by atoms with Crippen LogP contribution in [0.5, 0.6) is 0 Å². The number of hydrazine groups is 1. The molecule has 0 fully saturated rings. The molecular weight excluding hydrogens is 138 g/mol. The van der Waals surface area contributed by atoms with Crippen molar-refractivity contribution in [2.45, 2.75) is 13.8 Å². The van der Waals surface area contributed by atoms with Crippen molar-refractivity contribution >= 4 is 6.21 Å². The van der Waals surface area contributed by atoms with E-state index in [1.165, 1.54) is 0 Å². The Bertz CT molecular complexity index is 170. The van der Waals surface area contributed by atoms with E-state index in [0.29, 0.717) is 0 Å². The predicted octanol–water partition coefficient (Wildman–Crippen LogP) is 1.52. The van der Waals surface area contributed by atoms with Gasteiger partial charge in [0.15, 0.2) is 0 Å². The lowest BCUT2D eigenvalue weighted by atomic mass is 10.4. The van der Waals surface area contributed by atoms with Crippen LogP contribution in [0.25, 0.3) is 0 Å². The highest BCUT2D eigenvalue weighted by molar-refractivity contribution is 5.52. The van der Waals surface area contributed by atoms with Crippen molar-refractivity contribution in [2.75, 3.05) is 7.05 Å². The van der Waals surface area contributed by atoms with Gasteiger partial charge in [0, 0.05) is 13.3 Å². The third kappa shape index (κ3) is 3.00. The summed E-state index contributed by atoms with van der Waals surface area (Å²) in [6, 6.07) is 0. The topological polar surface area (TPSA) is 27.6 Å². The van der Waals surface area contributed by atoms with Crippen LogP contribution in [0.1, 0.15) is 13.8 Å². The van der Waals surface area contributed by atoms with E-state index in [0.717, 1.165) is 5.70 Å². The molecule has 0 heterocycles. The lowest BCUT2D eigenvalue weighted by molar-refractivity contribution is 0.296. The summed E-state index contributed by atoms with van der Waals surface area (Å²) in [5, 5.41) is 5.69. The molecule has 3 nitrogen and oxygen atoms in total. The largest absolute Gasteiger partial charge is 0.216 e. The Morgan fingerprint density at radius 3 is 2.45 bits per heavy atom. The van der Waals surface area contributed by atoms with E-state index in [4.69, 9.17) is 0 Å². The first-order valence-electron chi connectivity index (χ1n) is 3.55. The van der Waals surface area contributed by atoms with Gasteiger partial charge in [0.1, 0.15) is 0 Å². The second kappa shape index (κ2) is 5.68. The average Bonchev–Trinajstić information content (AvgIpc) is 2.05. The Morgan fingerprint density at radius 2 is 2.18 bits per heavy atom. The van der Waals surface area contributed by atoms with Crippen LogP contribution >= 0.6 is 0 Å². The van der Waals surface area contributed by atoms with Gasteiger partial charge in [-0.05, 0) is 19.9 Å². The third-order valence-electron chi connectivity index (χ3n) is 1.19. The zero-order valence-corrected chi connectivity index (χ0v) is 7.33. The molecule has 1 N–H and O–H groups in total. The molecule has 0 aliphatic carbocycles. The van der Waals surface area contributed by atoms with Crippen molar-refractivity contribution in [1.82, 2.24) is 10.5 Å². The number of hydrogen-bond donors (Lipinski definition) is 1. The van der Waals surface area contributed by atoms with Crippen molar-refractivity contribution in [1.29, 1.82) is 0 Å². The van der Waals surface area contributed by atoms with Crippen molar-refractivity contribution in [3.05, 3.63) is 24.4 Å². The summed E-state index contributed by atoms with van der Waals surface area (Å²) >= 11 is 0. The number of hydrogen-bond acceptors (Lipinski definition) is 3. The highest BCUT2D eigenvalue weighted by atomic mass is 15.7. The maximum atomic E-state index is 4.04. The minimum atomic E-state index is 0.936. The maximum Gasteiger partial charge on any atom is 0.0730 e. The SMILES string of the molecule is C=C/C(=C/C)N(/N=C\C)NC. The molecule has 0 aromatic carbocycles. The fraction of sp³-hybridized carbons (Fsp3) is 0.375. The van der Waals surface area contributed by atoms with Crippen molar-refractivity contribution in [2.24, 2.45) is 5.10 Å². The zero-order valence-electron chi connectivity index (χ0n) is 7.33. The van der Waals surface area contributed by atoms with Crippen LogP contribution in [-0.2, 0) is 0 Å². The van der Waals surface area contributed by atoms with Crippen LogP contribution in [0.4, 0.5) is 0 Å². The number of nitrogens with zero attached hydrogens (tertiary/aromatic N) is 2. The fourth-order valence-electron chi connectivity index (χ4n) is 0.696. The molecule has 0 atom stereocenters. The first kappa shape index (κ1) is 9.91. The zero-order chi connectivity index (χ0) is 8.69. The van der Waals surface area contributed by atoms with Crippen LogP contribution in [-0.4, -0.2) is 18.4 Å². The summed E-state index contributed by atoms with van der Waals surface area (Å²) < 4.78 is 0. The highest BCUT2D eigenvalue weighted by Gasteiger charge is 1.97. The van der Waals surface area contributed by atoms with Gasteiger partial charge >= 0.3 is 0 Å². The molecule has 0 radical (unpaired) electrons. The summed E-state index contributed by atoms with van der Waals surface area (Å²) in [4.78, 5) is 0. The smallest absolute Gasteiger partial charge is 0.0730 e. The van der Waals surface area contributed by atoms with E-state index < -0.39 is 0 Å². The summed E-state index contributed by atoms with van der Waals surface area (Å²) in [5.41, 5.74) is 3.84. The Kier molecular flexibility index (Phi) is 5.11. The molecule has 0 amide bonds. The minimum absolute atomic E-state index is 0.936. The Labute approximate surface area is 68.1 Å². The molecule has 0 rings (SSSR count). The fourth-order valence-corrected chi connectivity index (χ4v) is 0.696. The predicted molar refractivity (Wildman–Crippen MR) is 49.0 cm³/mol. The van der Waals surface area contributed by atoms with Gasteiger partial charge in [-0.2, -0.15) is 10.2 Å². The van der Waals surface area contributed by atoms with Gasteiger partial charge in [-0.25, -0.2) is 5.43 Å². The third-order valence-corrected chi connectivity index (χ3v) is 1.19. The Balaban J connectivity index is 4.34. The van der Waals surface area contributed by atoms with Crippen molar-refractivity contribution < 1.29 is 0 Å². The van der Waals surface area contributed by atoms with E-state index in [9.17, 15) is 0 Å². The molecule has 3 heteroatoms. The van der Waals surface area contributed by atoms with Gasteiger partial charge in [-0.3, -0.25) is 0 Å². The lowest BCUT2D eigenvalue weighted by Gasteiger charge is -2.17. The summed E-state index contributed by atoms with van der Waals surface area (Å²) in [5.74, 6) is 0. The lowest BCUT2D eigenvalue weighted by Crippen LogP contribution is -2.28. The number of allylic oxidation sites excluding steroid dienone is 2. The Morgan fingerprint density at radius 1 is 1.55 bits per heavy atom. The van der Waals surface area contributed by atoms with E-state index in [-0.39, 0.29) is 0 Å². The van der Waals surface area contributed by atoms with E-state index in [2.05, 4.69) is 17.1 Å². The van der Waals surface area contributed by atoms with Gasteiger partial charge in [0.2, 0.25) is 0 Å². The summed E-state index contributed by atoms with van der Waals surface area (Å²) in [7, 11) is 1.81. The van der Waals surface area contributed by atoms with Gasteiger partial charge in [0.25, 0.3) is 0 Å². The second-order valence-electron chi connectivity index (χ2n) is 1.83. The standard InChI is InChI=1S/C8H15N3/c1-5-8(6-2)11(9-4)10-7-3/h5-7,9H,1H2,2-4H3/b8-6-,10-7-. The van der Waals surface area contributed by atoms with Gasteiger partial charge in [-0.1, -0.05) is 12.7 Å². The molecule has 0 aromatic heterocycles. The second-order valence-corrected chi connectivity index (χ2v) is 1.83. The van der Waals surface area contributed by atoms with Crippen LogP contribution in [0, 0.1) is 0 Å². The molecule has 0 aliphatic heterocycles. The number of nitrogens with one attached hydrogen (secondary N) is 1. The molecule has 0 spiro atoms. The molecule has 0 aliphatic rings. The number of rotatable bonds is 4. The molecule has 0 unspecified atom stereocenters. The molecule has 0 saturated carbocycles. The monoisotopic (exact) mass is 153 g/mol. The first-order chi connectivity index (χ1) is 5.29. The van der Waals surface area contributed by atoms with Crippen molar-refractivity contribution in [3.8, 4) is 0 Å². The maximum absolute atomic E-state index is 4.04. The molecule has 11 heavy (non-hydrogen) atoms. The van der Waals surface area contributed by atoms with Crippen LogP contribution in [0.2, 0.25) is 0 Å². The molecule has 0 aromatic rings. The van der Waals surface area contributed by atoms with Gasteiger partial charge < -0.3 is 0 Å². The van der Waals surface area contributed by atoms with Crippen LogP contribution in [0.3, 0.4) is 0 Å². The molecule has 0 bridgehead atoms. The molecular formula is C8H15N3. The summed E-state index contributed by atoms with van der Waals surface area (Å²) in [6.45, 7) is 7.46. The van der Waals surface area contributed by atoms with Crippen LogP contribution in [0.15, 0.2) is 29.5 Å². The molecule has 62 valence electrons. The highest BCUT2D eigenvalue weighted by Crippen LogP contribution is 2.00. The first-order valence-corrected chi connectivity index (χ1v) is 3.55. The van der Waals surface area contributed by atoms with E-state index in [1.54, 1.807) is 24.5 Å². The van der Waals surface area contributed by atoms with E-state index >= 15 is 0 Å². The quantitative estimate of drug-likeness (QED) is 0.376. The van der Waals surface area contributed by atoms with E-state index in [1.807, 2.05) is 19.9 Å². The molecule has 0 saturated heterocycles. The van der Waals surface area contributed by atoms with Crippen LogP contribution < -0.4 is 5.43 Å². The number of hydrazone groups is 1. The van der Waals surface area contributed by atoms with Crippen molar-refractivity contribution in [3.63, 3.8) is 0 Å². The Hall–Kier alpha value is -1.09. The summed E-state index contributed by atoms with van der Waals surface area (Å²) in [6.07, 6.45) is 5.38.